The van der Waals surface area contributed by atoms with Gasteiger partial charge in [-0.15, -0.1) is 0 Å². The molecule has 20 heavy (non-hydrogen) atoms. The van der Waals surface area contributed by atoms with Gasteiger partial charge in [0.15, 0.2) is 0 Å². The molecule has 1 aliphatic heterocycles. The molecule has 2 aromatic rings. The molecule has 102 valence electrons. The van der Waals surface area contributed by atoms with Crippen molar-refractivity contribution in [3.63, 3.8) is 0 Å². The molecule has 0 unspecified atom stereocenters. The van der Waals surface area contributed by atoms with E-state index in [-0.39, 0.29) is 11.8 Å². The van der Waals surface area contributed by atoms with Crippen molar-refractivity contribution in [3.8, 4) is 0 Å². The van der Waals surface area contributed by atoms with Gasteiger partial charge in [0.1, 0.15) is 5.82 Å². The maximum absolute atomic E-state index is 13.1. The molecule has 0 atom stereocenters. The summed E-state index contributed by atoms with van der Waals surface area (Å²) >= 11 is 0. The summed E-state index contributed by atoms with van der Waals surface area (Å²) in [5.41, 5.74) is 2.95. The fourth-order valence-electron chi connectivity index (χ4n) is 2.44. The first-order chi connectivity index (χ1) is 9.72. The predicted octanol–water partition coefficient (Wildman–Crippen LogP) is 3.42. The standard InChI is InChI=1S/C16H15FN2O/c17-14-6-3-7-15(10-14)18-16(20)19-9-8-12-4-1-2-5-13(12)11-19/h1-7,10H,8-9,11H2,(H,18,20). The van der Waals surface area contributed by atoms with Gasteiger partial charge in [-0.1, -0.05) is 30.3 Å². The Bertz CT molecular complexity index is 642. The van der Waals surface area contributed by atoms with E-state index in [0.717, 1.165) is 6.42 Å². The SMILES string of the molecule is O=C(Nc1cccc(F)c1)N1CCc2ccccc2C1. The number of fused-ring (bicyclic) bond motifs is 1. The topological polar surface area (TPSA) is 32.3 Å². The number of urea groups is 1. The van der Waals surface area contributed by atoms with Crippen LogP contribution in [-0.4, -0.2) is 17.5 Å². The lowest BCUT2D eigenvalue weighted by Crippen LogP contribution is -2.38. The molecule has 3 nitrogen and oxygen atoms in total. The maximum Gasteiger partial charge on any atom is 0.322 e. The summed E-state index contributed by atoms with van der Waals surface area (Å²) in [4.78, 5) is 13.9. The van der Waals surface area contributed by atoms with E-state index < -0.39 is 0 Å². The summed E-state index contributed by atoms with van der Waals surface area (Å²) in [5, 5.41) is 2.73. The van der Waals surface area contributed by atoms with Gasteiger partial charge in [0.2, 0.25) is 0 Å². The number of halogens is 1. The lowest BCUT2D eigenvalue weighted by atomic mass is 10.0. The van der Waals surface area contributed by atoms with E-state index in [0.29, 0.717) is 18.8 Å². The van der Waals surface area contributed by atoms with Crippen LogP contribution in [0.3, 0.4) is 0 Å². The summed E-state index contributed by atoms with van der Waals surface area (Å²) in [6.07, 6.45) is 0.854. The number of carbonyl (C=O) groups excluding carboxylic acids is 1. The average molecular weight is 270 g/mol. The molecule has 1 aliphatic rings. The van der Waals surface area contributed by atoms with E-state index in [1.54, 1.807) is 17.0 Å². The fourth-order valence-corrected chi connectivity index (χ4v) is 2.44. The highest BCUT2D eigenvalue weighted by atomic mass is 19.1. The number of benzene rings is 2. The zero-order valence-electron chi connectivity index (χ0n) is 11.0. The number of anilines is 1. The van der Waals surface area contributed by atoms with Crippen LogP contribution in [0, 0.1) is 5.82 Å². The highest BCUT2D eigenvalue weighted by molar-refractivity contribution is 5.89. The monoisotopic (exact) mass is 270 g/mol. The average Bonchev–Trinajstić information content (AvgIpc) is 2.47. The number of nitrogens with zero attached hydrogens (tertiary/aromatic N) is 1. The summed E-state index contributed by atoms with van der Waals surface area (Å²) in [6.45, 7) is 1.27. The first-order valence-electron chi connectivity index (χ1n) is 6.60. The third-order valence-electron chi connectivity index (χ3n) is 3.49. The lowest BCUT2D eigenvalue weighted by molar-refractivity contribution is 0.206. The van der Waals surface area contributed by atoms with E-state index in [1.807, 2.05) is 18.2 Å². The predicted molar refractivity (Wildman–Crippen MR) is 76.0 cm³/mol. The second-order valence-electron chi connectivity index (χ2n) is 4.88. The molecule has 0 radical (unpaired) electrons. The Labute approximate surface area is 117 Å². The van der Waals surface area contributed by atoms with Crippen LogP contribution in [-0.2, 0) is 13.0 Å². The Morgan fingerprint density at radius 2 is 1.90 bits per heavy atom. The van der Waals surface area contributed by atoms with Crippen LogP contribution >= 0.6 is 0 Å². The van der Waals surface area contributed by atoms with Crippen LogP contribution in [0.1, 0.15) is 11.1 Å². The summed E-state index contributed by atoms with van der Waals surface area (Å²) in [7, 11) is 0. The molecule has 0 saturated carbocycles. The molecule has 2 amide bonds. The van der Waals surface area contributed by atoms with Crippen LogP contribution < -0.4 is 5.32 Å². The summed E-state index contributed by atoms with van der Waals surface area (Å²) in [5.74, 6) is -0.355. The summed E-state index contributed by atoms with van der Waals surface area (Å²) in [6, 6.07) is 13.9. The van der Waals surface area contributed by atoms with Gasteiger partial charge < -0.3 is 10.2 Å². The van der Waals surface area contributed by atoms with Gasteiger partial charge in [0.05, 0.1) is 0 Å². The van der Waals surface area contributed by atoms with E-state index in [2.05, 4.69) is 11.4 Å². The van der Waals surface area contributed by atoms with E-state index in [4.69, 9.17) is 0 Å². The van der Waals surface area contributed by atoms with Gasteiger partial charge in [0, 0.05) is 18.8 Å². The van der Waals surface area contributed by atoms with E-state index in [1.165, 1.54) is 23.3 Å². The van der Waals surface area contributed by atoms with Crippen molar-refractivity contribution in [2.24, 2.45) is 0 Å². The Balaban J connectivity index is 1.70. The van der Waals surface area contributed by atoms with Crippen molar-refractivity contribution < 1.29 is 9.18 Å². The van der Waals surface area contributed by atoms with Crippen LogP contribution in [0.5, 0.6) is 0 Å². The molecule has 0 bridgehead atoms. The molecule has 0 spiro atoms. The molecule has 4 heteroatoms. The first-order valence-corrected chi connectivity index (χ1v) is 6.60. The lowest BCUT2D eigenvalue weighted by Gasteiger charge is -2.28. The number of amides is 2. The largest absolute Gasteiger partial charge is 0.322 e. The Morgan fingerprint density at radius 3 is 2.70 bits per heavy atom. The van der Waals surface area contributed by atoms with Crippen molar-refractivity contribution in [1.29, 1.82) is 0 Å². The summed E-state index contributed by atoms with van der Waals surface area (Å²) < 4.78 is 13.1. The highest BCUT2D eigenvalue weighted by Gasteiger charge is 2.20. The van der Waals surface area contributed by atoms with Gasteiger partial charge in [-0.05, 0) is 35.7 Å². The fraction of sp³-hybridized carbons (Fsp3) is 0.188. The van der Waals surface area contributed by atoms with Crippen LogP contribution in [0.15, 0.2) is 48.5 Å². The van der Waals surface area contributed by atoms with Gasteiger partial charge in [-0.2, -0.15) is 0 Å². The second kappa shape index (κ2) is 5.33. The third kappa shape index (κ3) is 2.64. The van der Waals surface area contributed by atoms with Gasteiger partial charge in [0.25, 0.3) is 0 Å². The molecule has 1 heterocycles. The van der Waals surface area contributed by atoms with Crippen molar-refractivity contribution in [3.05, 3.63) is 65.5 Å². The number of hydrogen-bond acceptors (Lipinski definition) is 1. The number of hydrogen-bond donors (Lipinski definition) is 1. The van der Waals surface area contributed by atoms with E-state index in [9.17, 15) is 9.18 Å². The first kappa shape index (κ1) is 12.7. The molecule has 2 aromatic carbocycles. The smallest absolute Gasteiger partial charge is 0.320 e. The minimum Gasteiger partial charge on any atom is -0.320 e. The van der Waals surface area contributed by atoms with Crippen LogP contribution in [0.4, 0.5) is 14.9 Å². The number of rotatable bonds is 1. The van der Waals surface area contributed by atoms with Gasteiger partial charge in [-0.25, -0.2) is 9.18 Å². The van der Waals surface area contributed by atoms with Gasteiger partial charge >= 0.3 is 6.03 Å². The second-order valence-corrected chi connectivity index (χ2v) is 4.88. The van der Waals surface area contributed by atoms with Gasteiger partial charge in [-0.3, -0.25) is 0 Å². The van der Waals surface area contributed by atoms with Crippen molar-refractivity contribution in [2.45, 2.75) is 13.0 Å². The van der Waals surface area contributed by atoms with Crippen molar-refractivity contribution in [2.75, 3.05) is 11.9 Å². The molecule has 3 rings (SSSR count). The minimum atomic E-state index is -0.355. The molecule has 0 aromatic heterocycles. The Hall–Kier alpha value is -2.36. The van der Waals surface area contributed by atoms with E-state index >= 15 is 0 Å². The van der Waals surface area contributed by atoms with Crippen LogP contribution in [0.2, 0.25) is 0 Å². The third-order valence-corrected chi connectivity index (χ3v) is 3.49. The Kier molecular flexibility index (Phi) is 3.37. The molecule has 0 aliphatic carbocycles. The zero-order chi connectivity index (χ0) is 13.9. The molecular weight excluding hydrogens is 255 g/mol. The maximum atomic E-state index is 13.1. The Morgan fingerprint density at radius 1 is 1.10 bits per heavy atom. The normalized spacial score (nSPS) is 13.8. The minimum absolute atomic E-state index is 0.190. The molecule has 0 fully saturated rings. The molecular formula is C16H15FN2O. The van der Waals surface area contributed by atoms with Crippen molar-refractivity contribution in [1.82, 2.24) is 4.90 Å². The number of carbonyl (C=O) groups is 1. The quantitative estimate of drug-likeness (QED) is 0.846. The molecule has 1 N–H and O–H groups in total. The zero-order valence-corrected chi connectivity index (χ0v) is 11.0. The van der Waals surface area contributed by atoms with Crippen LogP contribution in [0.25, 0.3) is 0 Å². The molecule has 0 saturated heterocycles. The highest BCUT2D eigenvalue weighted by Crippen LogP contribution is 2.19. The number of nitrogens with one attached hydrogen (secondary N) is 1. The van der Waals surface area contributed by atoms with Crippen molar-refractivity contribution >= 4 is 11.7 Å².